The molecule has 0 spiro atoms. The first kappa shape index (κ1) is 20.3. The fourth-order valence-electron chi connectivity index (χ4n) is 3.67. The number of hydrogen-bond donors (Lipinski definition) is 1. The minimum Gasteiger partial charge on any atom is -0.354 e. The van der Waals surface area contributed by atoms with Crippen molar-refractivity contribution in [3.8, 4) is 11.3 Å². The highest BCUT2D eigenvalue weighted by Crippen LogP contribution is 2.25. The second-order valence-corrected chi connectivity index (χ2v) is 7.96. The quantitative estimate of drug-likeness (QED) is 0.633. The zero-order valence-electron chi connectivity index (χ0n) is 16.6. The maximum Gasteiger partial charge on any atom is 0.229 e. The summed E-state index contributed by atoms with van der Waals surface area (Å²) in [5.41, 5.74) is 3.52. The molecule has 0 radical (unpaired) electrons. The van der Waals surface area contributed by atoms with Gasteiger partial charge in [-0.05, 0) is 56.2 Å². The Morgan fingerprint density at radius 3 is 2.77 bits per heavy atom. The summed E-state index contributed by atoms with van der Waals surface area (Å²) in [6, 6.07) is 16.2. The molecule has 1 atom stereocenters. The molecule has 0 saturated carbocycles. The van der Waals surface area contributed by atoms with Crippen molar-refractivity contribution in [3.05, 3.63) is 71.0 Å². The molecule has 7 heteroatoms. The highest BCUT2D eigenvalue weighted by Gasteiger charge is 2.27. The summed E-state index contributed by atoms with van der Waals surface area (Å²) in [6.45, 7) is 3.42. The molecule has 4 rings (SSSR count). The molecule has 1 aliphatic rings. The molecule has 1 amide bonds. The van der Waals surface area contributed by atoms with E-state index in [1.54, 1.807) is 0 Å². The lowest BCUT2D eigenvalue weighted by Crippen LogP contribution is -2.41. The van der Waals surface area contributed by atoms with Crippen LogP contribution in [0, 0.1) is 18.7 Å². The number of benzene rings is 2. The van der Waals surface area contributed by atoms with Crippen LogP contribution in [0.15, 0.2) is 54.6 Å². The number of rotatable bonds is 4. The normalized spacial score (nSPS) is 16.4. The van der Waals surface area contributed by atoms with E-state index in [1.165, 1.54) is 23.8 Å². The molecule has 1 N–H and O–H groups in total. The first-order chi connectivity index (χ1) is 14.5. The van der Waals surface area contributed by atoms with E-state index in [0.29, 0.717) is 12.2 Å². The van der Waals surface area contributed by atoms with Gasteiger partial charge in [0.25, 0.3) is 0 Å². The van der Waals surface area contributed by atoms with E-state index in [9.17, 15) is 9.18 Å². The average Bonchev–Trinajstić information content (AvgIpc) is 2.76. The summed E-state index contributed by atoms with van der Waals surface area (Å²) >= 11 is 5.80. The number of hydrogen-bond acceptors (Lipinski definition) is 4. The van der Waals surface area contributed by atoms with Gasteiger partial charge in [0, 0.05) is 24.3 Å². The second kappa shape index (κ2) is 8.79. The number of nitrogens with zero attached hydrogens (tertiary/aromatic N) is 3. The molecular weight excluding hydrogens is 403 g/mol. The zero-order chi connectivity index (χ0) is 21.1. The summed E-state index contributed by atoms with van der Waals surface area (Å²) < 4.78 is 13.3. The number of aromatic nitrogens is 2. The topological polar surface area (TPSA) is 58.1 Å². The van der Waals surface area contributed by atoms with E-state index < -0.39 is 5.82 Å². The van der Waals surface area contributed by atoms with Crippen LogP contribution < -0.4 is 10.2 Å². The Labute approximate surface area is 179 Å². The lowest BCUT2D eigenvalue weighted by molar-refractivity contribution is -0.120. The fraction of sp³-hybridized carbons (Fsp3) is 0.261. The van der Waals surface area contributed by atoms with Crippen LogP contribution in [-0.2, 0) is 4.79 Å². The van der Waals surface area contributed by atoms with Gasteiger partial charge in [0.2, 0.25) is 5.91 Å². The SMILES string of the molecule is Cc1cccc(-c2ccc(N3CCCC(C(=O)Nc4ccc(F)c(Cl)c4)C3)nn2)c1. The number of carbonyl (C=O) groups excluding carboxylic acids is 1. The Morgan fingerprint density at radius 1 is 1.17 bits per heavy atom. The third-order valence-corrected chi connectivity index (χ3v) is 5.56. The summed E-state index contributed by atoms with van der Waals surface area (Å²) in [7, 11) is 0. The predicted octanol–water partition coefficient (Wildman–Crippen LogP) is 5.10. The maximum absolute atomic E-state index is 13.3. The molecule has 0 aliphatic carbocycles. The third kappa shape index (κ3) is 4.60. The van der Waals surface area contributed by atoms with Gasteiger partial charge < -0.3 is 10.2 Å². The zero-order valence-corrected chi connectivity index (χ0v) is 17.4. The van der Waals surface area contributed by atoms with E-state index in [-0.39, 0.29) is 16.8 Å². The monoisotopic (exact) mass is 424 g/mol. The van der Waals surface area contributed by atoms with E-state index in [4.69, 9.17) is 11.6 Å². The van der Waals surface area contributed by atoms with E-state index in [2.05, 4.69) is 26.5 Å². The Balaban J connectivity index is 1.43. The second-order valence-electron chi connectivity index (χ2n) is 7.55. The smallest absolute Gasteiger partial charge is 0.229 e. The van der Waals surface area contributed by atoms with Crippen LogP contribution in [0.1, 0.15) is 18.4 Å². The molecule has 1 saturated heterocycles. The summed E-state index contributed by atoms with van der Waals surface area (Å²) in [4.78, 5) is 14.8. The first-order valence-electron chi connectivity index (χ1n) is 9.91. The van der Waals surface area contributed by atoms with Gasteiger partial charge in [-0.15, -0.1) is 10.2 Å². The van der Waals surface area contributed by atoms with E-state index >= 15 is 0 Å². The lowest BCUT2D eigenvalue weighted by atomic mass is 9.97. The number of piperidine rings is 1. The molecule has 1 aliphatic heterocycles. The lowest BCUT2D eigenvalue weighted by Gasteiger charge is -2.32. The van der Waals surface area contributed by atoms with Crippen LogP contribution in [-0.4, -0.2) is 29.2 Å². The van der Waals surface area contributed by atoms with E-state index in [0.717, 1.165) is 36.5 Å². The highest BCUT2D eigenvalue weighted by molar-refractivity contribution is 6.31. The Hall–Kier alpha value is -2.99. The number of aryl methyl sites for hydroxylation is 1. The molecule has 0 bridgehead atoms. The third-order valence-electron chi connectivity index (χ3n) is 5.27. The minimum atomic E-state index is -0.508. The molecule has 1 aromatic heterocycles. The van der Waals surface area contributed by atoms with Gasteiger partial charge in [0.1, 0.15) is 5.82 Å². The van der Waals surface area contributed by atoms with Gasteiger partial charge in [0.15, 0.2) is 5.82 Å². The molecule has 154 valence electrons. The van der Waals surface area contributed by atoms with Crippen molar-refractivity contribution in [1.82, 2.24) is 10.2 Å². The number of anilines is 2. The number of nitrogens with one attached hydrogen (secondary N) is 1. The molecule has 5 nitrogen and oxygen atoms in total. The Morgan fingerprint density at radius 2 is 2.03 bits per heavy atom. The van der Waals surface area contributed by atoms with Gasteiger partial charge >= 0.3 is 0 Å². The molecule has 2 heterocycles. The van der Waals surface area contributed by atoms with Crippen molar-refractivity contribution in [2.24, 2.45) is 5.92 Å². The van der Waals surface area contributed by atoms with Gasteiger partial charge in [0.05, 0.1) is 16.6 Å². The van der Waals surface area contributed by atoms with Gasteiger partial charge in [-0.2, -0.15) is 0 Å². The fourth-order valence-corrected chi connectivity index (χ4v) is 3.85. The molecular formula is C23H22ClFN4O. The van der Waals surface area contributed by atoms with Crippen LogP contribution in [0.3, 0.4) is 0 Å². The van der Waals surface area contributed by atoms with Crippen LogP contribution in [0.2, 0.25) is 5.02 Å². The van der Waals surface area contributed by atoms with Crippen LogP contribution >= 0.6 is 11.6 Å². The van der Waals surface area contributed by atoms with Gasteiger partial charge in [-0.25, -0.2) is 4.39 Å². The van der Waals surface area contributed by atoms with Crippen LogP contribution in [0.5, 0.6) is 0 Å². The molecule has 2 aromatic carbocycles. The highest BCUT2D eigenvalue weighted by atomic mass is 35.5. The summed E-state index contributed by atoms with van der Waals surface area (Å²) in [5.74, 6) is -0.0486. The molecule has 3 aromatic rings. The first-order valence-corrected chi connectivity index (χ1v) is 10.3. The van der Waals surface area contributed by atoms with Crippen LogP contribution in [0.25, 0.3) is 11.3 Å². The summed E-state index contributed by atoms with van der Waals surface area (Å²) in [6.07, 6.45) is 1.66. The molecule has 1 fully saturated rings. The van der Waals surface area contributed by atoms with Crippen LogP contribution in [0.4, 0.5) is 15.9 Å². The maximum atomic E-state index is 13.3. The van der Waals surface area contributed by atoms with Gasteiger partial charge in [-0.3, -0.25) is 4.79 Å². The minimum absolute atomic E-state index is 0.0120. The number of amides is 1. The van der Waals surface area contributed by atoms with Crippen molar-refractivity contribution in [2.75, 3.05) is 23.3 Å². The predicted molar refractivity (Wildman–Crippen MR) is 117 cm³/mol. The average molecular weight is 425 g/mol. The van der Waals surface area contributed by atoms with Crippen molar-refractivity contribution < 1.29 is 9.18 Å². The summed E-state index contributed by atoms with van der Waals surface area (Å²) in [5, 5.41) is 11.6. The van der Waals surface area contributed by atoms with Crippen molar-refractivity contribution in [2.45, 2.75) is 19.8 Å². The van der Waals surface area contributed by atoms with Gasteiger partial charge in [-0.1, -0.05) is 35.4 Å². The number of halogens is 2. The largest absolute Gasteiger partial charge is 0.354 e. The molecule has 1 unspecified atom stereocenters. The standard InChI is InChI=1S/C23H22ClFN4O/c1-15-4-2-5-16(12-15)21-9-10-22(28-27-21)29-11-3-6-17(14-29)23(30)26-18-7-8-20(25)19(24)13-18/h2,4-5,7-10,12-13,17H,3,6,11,14H2,1H3,(H,26,30). The van der Waals surface area contributed by atoms with Crippen molar-refractivity contribution in [1.29, 1.82) is 0 Å². The Bertz CT molecular complexity index is 1060. The number of carbonyl (C=O) groups is 1. The molecule has 30 heavy (non-hydrogen) atoms. The van der Waals surface area contributed by atoms with Crippen molar-refractivity contribution >= 4 is 29.0 Å². The van der Waals surface area contributed by atoms with Crippen molar-refractivity contribution in [3.63, 3.8) is 0 Å². The Kier molecular flexibility index (Phi) is 5.95. The van der Waals surface area contributed by atoms with E-state index in [1.807, 2.05) is 37.3 Å².